The first-order valence-corrected chi connectivity index (χ1v) is 8.87. The normalized spacial score (nSPS) is 19.5. The van der Waals surface area contributed by atoms with Gasteiger partial charge in [0.25, 0.3) is 5.91 Å². The topological polar surface area (TPSA) is 96.3 Å². The van der Waals surface area contributed by atoms with Crippen LogP contribution in [0.2, 0.25) is 0 Å². The van der Waals surface area contributed by atoms with Gasteiger partial charge in [-0.05, 0) is 25.8 Å². The van der Waals surface area contributed by atoms with Crippen molar-refractivity contribution in [3.63, 3.8) is 0 Å². The smallest absolute Gasteiger partial charge is 0.256 e. The van der Waals surface area contributed by atoms with Gasteiger partial charge in [0.05, 0.1) is 10.8 Å². The Hall–Kier alpha value is -1.86. The SMILES string of the molecule is Cc1[nH]c2ccccc2c1C(=O)N1CCC[C@H](S(N)(=O)=O)C1. The first kappa shape index (κ1) is 15.1. The second-order valence-electron chi connectivity index (χ2n) is 5.78. The second-order valence-corrected chi connectivity index (χ2v) is 7.62. The fourth-order valence-corrected chi connectivity index (χ4v) is 3.98. The van der Waals surface area contributed by atoms with Crippen LogP contribution in [0.4, 0.5) is 0 Å². The van der Waals surface area contributed by atoms with Crippen molar-refractivity contribution < 1.29 is 13.2 Å². The summed E-state index contributed by atoms with van der Waals surface area (Å²) in [4.78, 5) is 17.6. The Labute approximate surface area is 129 Å². The van der Waals surface area contributed by atoms with E-state index in [-0.39, 0.29) is 12.5 Å². The van der Waals surface area contributed by atoms with E-state index in [0.717, 1.165) is 16.6 Å². The number of nitrogens with two attached hydrogens (primary N) is 1. The first-order chi connectivity index (χ1) is 10.4. The molecule has 2 aromatic rings. The summed E-state index contributed by atoms with van der Waals surface area (Å²) in [6, 6.07) is 7.61. The lowest BCUT2D eigenvalue weighted by Gasteiger charge is -2.31. The molecule has 7 heteroatoms. The molecule has 2 heterocycles. The number of nitrogens with zero attached hydrogens (tertiary/aromatic N) is 1. The third-order valence-corrected chi connectivity index (χ3v) is 5.55. The number of amides is 1. The van der Waals surface area contributed by atoms with Crippen LogP contribution < -0.4 is 5.14 Å². The van der Waals surface area contributed by atoms with Crippen LogP contribution in [0.25, 0.3) is 10.9 Å². The Morgan fingerprint density at radius 1 is 1.36 bits per heavy atom. The number of nitrogens with one attached hydrogen (secondary N) is 1. The van der Waals surface area contributed by atoms with Crippen molar-refractivity contribution in [2.45, 2.75) is 25.0 Å². The number of aromatic nitrogens is 1. The predicted octanol–water partition coefficient (Wildman–Crippen LogP) is 1.37. The Morgan fingerprint density at radius 2 is 2.09 bits per heavy atom. The number of sulfonamides is 1. The van der Waals surface area contributed by atoms with E-state index in [2.05, 4.69) is 4.98 Å². The minimum absolute atomic E-state index is 0.136. The molecular weight excluding hydrogens is 302 g/mol. The maximum atomic E-state index is 12.8. The van der Waals surface area contributed by atoms with Crippen molar-refractivity contribution in [3.8, 4) is 0 Å². The maximum absolute atomic E-state index is 12.8. The van der Waals surface area contributed by atoms with E-state index >= 15 is 0 Å². The number of rotatable bonds is 2. The van der Waals surface area contributed by atoms with Gasteiger partial charge in [0.15, 0.2) is 0 Å². The van der Waals surface area contributed by atoms with Crippen LogP contribution in [0.15, 0.2) is 24.3 Å². The number of likely N-dealkylation sites (tertiary alicyclic amines) is 1. The highest BCUT2D eigenvalue weighted by Crippen LogP contribution is 2.25. The van der Waals surface area contributed by atoms with E-state index in [1.54, 1.807) is 4.90 Å². The molecular formula is C15H19N3O3S. The number of piperidine rings is 1. The summed E-state index contributed by atoms with van der Waals surface area (Å²) in [7, 11) is -3.62. The molecule has 1 aliphatic rings. The van der Waals surface area contributed by atoms with E-state index in [1.165, 1.54) is 0 Å². The van der Waals surface area contributed by atoms with E-state index in [0.29, 0.717) is 24.9 Å². The van der Waals surface area contributed by atoms with Crippen LogP contribution >= 0.6 is 0 Å². The van der Waals surface area contributed by atoms with E-state index < -0.39 is 15.3 Å². The molecule has 118 valence electrons. The lowest BCUT2D eigenvalue weighted by atomic mass is 10.1. The number of carbonyl (C=O) groups excluding carboxylic acids is 1. The maximum Gasteiger partial charge on any atom is 0.256 e. The van der Waals surface area contributed by atoms with Gasteiger partial charge < -0.3 is 9.88 Å². The van der Waals surface area contributed by atoms with Gasteiger partial charge in [0.1, 0.15) is 0 Å². The van der Waals surface area contributed by atoms with E-state index in [1.807, 2.05) is 31.2 Å². The lowest BCUT2D eigenvalue weighted by Crippen LogP contribution is -2.47. The van der Waals surface area contributed by atoms with Crippen LogP contribution in [0.1, 0.15) is 28.9 Å². The zero-order valence-corrected chi connectivity index (χ0v) is 13.2. The highest BCUT2D eigenvalue weighted by atomic mass is 32.2. The number of primary sulfonamides is 1. The number of hydrogen-bond donors (Lipinski definition) is 2. The first-order valence-electron chi connectivity index (χ1n) is 7.26. The molecule has 1 aromatic heterocycles. The molecule has 1 saturated heterocycles. The molecule has 1 aromatic carbocycles. The van der Waals surface area contributed by atoms with Crippen molar-refractivity contribution in [2.75, 3.05) is 13.1 Å². The number of aromatic amines is 1. The summed E-state index contributed by atoms with van der Waals surface area (Å²) in [5.74, 6) is -0.136. The number of para-hydroxylation sites is 1. The largest absolute Gasteiger partial charge is 0.358 e. The predicted molar refractivity (Wildman–Crippen MR) is 85.1 cm³/mol. The highest BCUT2D eigenvalue weighted by molar-refractivity contribution is 7.89. The van der Waals surface area contributed by atoms with Crippen molar-refractivity contribution in [1.29, 1.82) is 0 Å². The number of fused-ring (bicyclic) bond motifs is 1. The van der Waals surface area contributed by atoms with Crippen LogP contribution in [-0.4, -0.2) is 42.5 Å². The van der Waals surface area contributed by atoms with Crippen LogP contribution in [0.3, 0.4) is 0 Å². The molecule has 3 rings (SSSR count). The molecule has 0 aliphatic carbocycles. The number of benzene rings is 1. The number of H-pyrrole nitrogens is 1. The molecule has 0 radical (unpaired) electrons. The highest BCUT2D eigenvalue weighted by Gasteiger charge is 2.32. The summed E-state index contributed by atoms with van der Waals surface area (Å²) < 4.78 is 23.1. The third-order valence-electron chi connectivity index (χ3n) is 4.24. The van der Waals surface area contributed by atoms with Gasteiger partial charge in [-0.3, -0.25) is 4.79 Å². The van der Waals surface area contributed by atoms with Crippen LogP contribution in [-0.2, 0) is 10.0 Å². The van der Waals surface area contributed by atoms with E-state index in [9.17, 15) is 13.2 Å². The number of carbonyl (C=O) groups is 1. The van der Waals surface area contributed by atoms with Gasteiger partial charge in [0, 0.05) is 29.7 Å². The lowest BCUT2D eigenvalue weighted by molar-refractivity contribution is 0.0728. The van der Waals surface area contributed by atoms with Crippen molar-refractivity contribution in [2.24, 2.45) is 5.14 Å². The van der Waals surface area contributed by atoms with Crippen LogP contribution in [0.5, 0.6) is 0 Å². The monoisotopic (exact) mass is 321 g/mol. The molecule has 1 amide bonds. The summed E-state index contributed by atoms with van der Waals surface area (Å²) >= 11 is 0. The van der Waals surface area contributed by atoms with Crippen molar-refractivity contribution in [1.82, 2.24) is 9.88 Å². The van der Waals surface area contributed by atoms with Crippen molar-refractivity contribution >= 4 is 26.8 Å². The van der Waals surface area contributed by atoms with Gasteiger partial charge in [-0.2, -0.15) is 0 Å². The van der Waals surface area contributed by atoms with Gasteiger partial charge >= 0.3 is 0 Å². The number of aryl methyl sites for hydroxylation is 1. The summed E-state index contributed by atoms with van der Waals surface area (Å²) in [6.07, 6.45) is 1.16. The second kappa shape index (κ2) is 5.40. The Balaban J connectivity index is 1.94. The molecule has 3 N–H and O–H groups in total. The van der Waals surface area contributed by atoms with Gasteiger partial charge in [-0.1, -0.05) is 18.2 Å². The Kier molecular flexibility index (Phi) is 3.70. The fraction of sp³-hybridized carbons (Fsp3) is 0.400. The van der Waals surface area contributed by atoms with Gasteiger partial charge in [-0.25, -0.2) is 13.6 Å². The Morgan fingerprint density at radius 3 is 2.82 bits per heavy atom. The summed E-state index contributed by atoms with van der Waals surface area (Å²) in [6.45, 7) is 2.58. The molecule has 1 atom stereocenters. The van der Waals surface area contributed by atoms with Crippen molar-refractivity contribution in [3.05, 3.63) is 35.5 Å². The summed E-state index contributed by atoms with van der Waals surface area (Å²) in [5.41, 5.74) is 2.32. The molecule has 6 nitrogen and oxygen atoms in total. The molecule has 0 saturated carbocycles. The molecule has 0 bridgehead atoms. The van der Waals surface area contributed by atoms with Crippen LogP contribution in [0, 0.1) is 6.92 Å². The van der Waals surface area contributed by atoms with Gasteiger partial charge in [0.2, 0.25) is 10.0 Å². The number of hydrogen-bond acceptors (Lipinski definition) is 3. The average molecular weight is 321 g/mol. The molecule has 1 aliphatic heterocycles. The van der Waals surface area contributed by atoms with E-state index in [4.69, 9.17) is 5.14 Å². The Bertz CT molecular complexity index is 826. The van der Waals surface area contributed by atoms with Gasteiger partial charge in [-0.15, -0.1) is 0 Å². The standard InChI is InChI=1S/C15H19N3O3S/c1-10-14(12-6-2-3-7-13(12)17-10)15(19)18-8-4-5-11(9-18)22(16,20)21/h2-3,6-7,11,17H,4-5,8-9H2,1H3,(H2,16,20,21)/t11-/m0/s1. The minimum atomic E-state index is -3.62. The minimum Gasteiger partial charge on any atom is -0.358 e. The summed E-state index contributed by atoms with van der Waals surface area (Å²) in [5, 5.41) is 5.43. The molecule has 0 spiro atoms. The molecule has 1 fully saturated rings. The molecule has 0 unspecified atom stereocenters. The fourth-order valence-electron chi connectivity index (χ4n) is 3.10. The quantitative estimate of drug-likeness (QED) is 0.874. The third kappa shape index (κ3) is 2.62. The zero-order chi connectivity index (χ0) is 15.9. The zero-order valence-electron chi connectivity index (χ0n) is 12.4. The average Bonchev–Trinajstić information content (AvgIpc) is 2.81. The molecule has 22 heavy (non-hydrogen) atoms.